The number of rotatable bonds is 13. The molecule has 0 spiro atoms. The van der Waals surface area contributed by atoms with Gasteiger partial charge >= 0.3 is 12.0 Å². The second-order valence-electron chi connectivity index (χ2n) is 11.0. The summed E-state index contributed by atoms with van der Waals surface area (Å²) in [6.07, 6.45) is 0.845. The molecular weight excluding hydrogens is 576 g/mol. The van der Waals surface area contributed by atoms with E-state index in [1.807, 2.05) is 51.1 Å². The zero-order chi connectivity index (χ0) is 32.2. The average molecular weight is 619 g/mol. The van der Waals surface area contributed by atoms with Crippen LogP contribution in [0.15, 0.2) is 65.6 Å². The lowest BCUT2D eigenvalue weighted by Crippen LogP contribution is -2.42. The summed E-state index contributed by atoms with van der Waals surface area (Å²) < 4.78 is 4.70. The summed E-state index contributed by atoms with van der Waals surface area (Å²) in [7, 11) is 1.32. The van der Waals surface area contributed by atoms with Crippen molar-refractivity contribution in [2.24, 2.45) is 5.92 Å². The number of urea groups is 1. The number of nitrogens with zero attached hydrogens (tertiary/aromatic N) is 1. The lowest BCUT2D eigenvalue weighted by Gasteiger charge is -2.26. The topological polar surface area (TPSA) is 117 Å². The number of carbonyl (C=O) groups excluding carboxylic acids is 4. The Morgan fingerprint density at radius 3 is 2.41 bits per heavy atom. The van der Waals surface area contributed by atoms with Crippen molar-refractivity contribution in [2.75, 3.05) is 41.5 Å². The highest BCUT2D eigenvalue weighted by Crippen LogP contribution is 2.31. The lowest BCUT2D eigenvalue weighted by atomic mass is 10.0. The van der Waals surface area contributed by atoms with Gasteiger partial charge in [0.25, 0.3) is 0 Å². The number of thioether (sulfide) groups is 1. The Kier molecular flexibility index (Phi) is 12.8. The van der Waals surface area contributed by atoms with Gasteiger partial charge in [-0.25, -0.2) is 4.79 Å². The highest BCUT2D eigenvalue weighted by Gasteiger charge is 2.21. The molecule has 0 saturated carbocycles. The van der Waals surface area contributed by atoms with Gasteiger partial charge in [-0.1, -0.05) is 44.2 Å². The minimum Gasteiger partial charge on any atom is -0.469 e. The smallest absolute Gasteiger partial charge is 0.319 e. The van der Waals surface area contributed by atoms with Crippen molar-refractivity contribution in [2.45, 2.75) is 52.4 Å². The molecule has 234 valence electrons. The van der Waals surface area contributed by atoms with E-state index in [1.54, 1.807) is 29.2 Å². The fourth-order valence-corrected chi connectivity index (χ4v) is 5.35. The van der Waals surface area contributed by atoms with E-state index < -0.39 is 6.03 Å². The minimum atomic E-state index is -0.543. The van der Waals surface area contributed by atoms with Crippen LogP contribution in [0.2, 0.25) is 0 Å². The van der Waals surface area contributed by atoms with Crippen LogP contribution in [0.3, 0.4) is 0 Å². The van der Waals surface area contributed by atoms with Crippen molar-refractivity contribution in [3.05, 3.63) is 82.9 Å². The predicted octanol–water partition coefficient (Wildman–Crippen LogP) is 6.26. The lowest BCUT2D eigenvalue weighted by molar-refractivity contribution is -0.139. The van der Waals surface area contributed by atoms with Crippen LogP contribution in [0, 0.1) is 26.7 Å². The number of hydrogen-bond acceptors (Lipinski definition) is 6. The molecule has 0 aliphatic carbocycles. The molecule has 0 aliphatic rings. The molecular formula is C34H42N4O5S. The molecule has 4 amide bonds. The molecule has 0 heterocycles. The molecule has 0 aromatic heterocycles. The van der Waals surface area contributed by atoms with Crippen molar-refractivity contribution < 1.29 is 23.9 Å². The van der Waals surface area contributed by atoms with Gasteiger partial charge in [-0.3, -0.25) is 14.4 Å². The highest BCUT2D eigenvalue weighted by molar-refractivity contribution is 8.00. The standard InChI is InChI=1S/C34H42N4O5S/c1-22(2)14-15-38(32(40)20-35-34(42)36-27-11-9-10-26(18-27)19-33(41)43-6)29-12-7-8-13-30(29)44-21-31(39)37-28-17-23(3)16-24(4)25(28)5/h7-13,16-18,22H,14-15,19-21H2,1-6H3,(H,37,39)(H2,35,36,42). The quantitative estimate of drug-likeness (QED) is 0.154. The number of benzene rings is 3. The van der Waals surface area contributed by atoms with E-state index in [0.29, 0.717) is 29.4 Å². The van der Waals surface area contributed by atoms with Crippen LogP contribution in [-0.4, -0.2) is 49.8 Å². The predicted molar refractivity (Wildman–Crippen MR) is 177 cm³/mol. The summed E-state index contributed by atoms with van der Waals surface area (Å²) in [5.41, 5.74) is 5.90. The van der Waals surface area contributed by atoms with Crippen molar-refractivity contribution in [1.29, 1.82) is 0 Å². The minimum absolute atomic E-state index is 0.0846. The maximum atomic E-state index is 13.5. The number of esters is 1. The van der Waals surface area contributed by atoms with Gasteiger partial charge in [0.05, 0.1) is 31.5 Å². The van der Waals surface area contributed by atoms with Crippen LogP contribution in [0.1, 0.15) is 42.5 Å². The first-order valence-electron chi connectivity index (χ1n) is 14.6. The molecule has 44 heavy (non-hydrogen) atoms. The Hall–Kier alpha value is -4.31. The highest BCUT2D eigenvalue weighted by atomic mass is 32.2. The van der Waals surface area contributed by atoms with Crippen LogP contribution in [0.25, 0.3) is 0 Å². The fourth-order valence-electron chi connectivity index (χ4n) is 4.49. The molecule has 9 nitrogen and oxygen atoms in total. The Balaban J connectivity index is 1.67. The number of nitrogens with one attached hydrogen (secondary N) is 3. The van der Waals surface area contributed by atoms with Gasteiger partial charge in [0.1, 0.15) is 0 Å². The molecule has 0 atom stereocenters. The van der Waals surface area contributed by atoms with E-state index in [2.05, 4.69) is 35.9 Å². The van der Waals surface area contributed by atoms with Gasteiger partial charge in [0.2, 0.25) is 11.8 Å². The molecule has 0 radical (unpaired) electrons. The van der Waals surface area contributed by atoms with E-state index in [1.165, 1.54) is 18.9 Å². The summed E-state index contributed by atoms with van der Waals surface area (Å²) in [6, 6.07) is 17.9. The Morgan fingerprint density at radius 1 is 0.932 bits per heavy atom. The third-order valence-corrected chi connectivity index (χ3v) is 8.06. The molecule has 3 aromatic rings. The third kappa shape index (κ3) is 10.4. The number of anilines is 3. The molecule has 3 N–H and O–H groups in total. The van der Waals surface area contributed by atoms with Crippen LogP contribution in [0.5, 0.6) is 0 Å². The van der Waals surface area contributed by atoms with E-state index in [0.717, 1.165) is 33.7 Å². The SMILES string of the molecule is COC(=O)Cc1cccc(NC(=O)NCC(=O)N(CCC(C)C)c2ccccc2SCC(=O)Nc2cc(C)cc(C)c2C)c1. The molecule has 3 aromatic carbocycles. The zero-order valence-electron chi connectivity index (χ0n) is 26.3. The van der Waals surface area contributed by atoms with Crippen molar-refractivity contribution in [3.63, 3.8) is 0 Å². The van der Waals surface area contributed by atoms with E-state index in [9.17, 15) is 19.2 Å². The van der Waals surface area contributed by atoms with Crippen LogP contribution < -0.4 is 20.9 Å². The first-order valence-corrected chi connectivity index (χ1v) is 15.6. The summed E-state index contributed by atoms with van der Waals surface area (Å²) in [6.45, 7) is 10.4. The Morgan fingerprint density at radius 2 is 1.68 bits per heavy atom. The Labute approximate surface area is 264 Å². The van der Waals surface area contributed by atoms with Crippen molar-refractivity contribution >= 4 is 52.6 Å². The average Bonchev–Trinajstić information content (AvgIpc) is 2.98. The van der Waals surface area contributed by atoms with Crippen LogP contribution >= 0.6 is 11.8 Å². The molecule has 3 rings (SSSR count). The summed E-state index contributed by atoms with van der Waals surface area (Å²) >= 11 is 1.36. The maximum absolute atomic E-state index is 13.5. The number of amides is 4. The maximum Gasteiger partial charge on any atom is 0.319 e. The molecule has 10 heteroatoms. The molecule has 0 aliphatic heterocycles. The number of para-hydroxylation sites is 1. The molecule has 0 bridgehead atoms. The monoisotopic (exact) mass is 618 g/mol. The number of methoxy groups -OCH3 is 1. The number of ether oxygens (including phenoxy) is 1. The van der Waals surface area contributed by atoms with Crippen molar-refractivity contribution in [3.8, 4) is 0 Å². The Bertz CT molecular complexity index is 1490. The fraction of sp³-hybridized carbons (Fsp3) is 0.353. The summed E-state index contributed by atoms with van der Waals surface area (Å²) in [5, 5.41) is 8.38. The zero-order valence-corrected chi connectivity index (χ0v) is 27.1. The van der Waals surface area contributed by atoms with Gasteiger partial charge in [0.15, 0.2) is 0 Å². The second-order valence-corrected chi connectivity index (χ2v) is 12.1. The van der Waals surface area contributed by atoms with E-state index in [4.69, 9.17) is 4.74 Å². The molecule has 0 fully saturated rings. The van der Waals surface area contributed by atoms with Gasteiger partial charge in [0, 0.05) is 22.8 Å². The van der Waals surface area contributed by atoms with Gasteiger partial charge in [-0.2, -0.15) is 0 Å². The van der Waals surface area contributed by atoms with Gasteiger partial charge < -0.3 is 25.6 Å². The van der Waals surface area contributed by atoms with E-state index in [-0.39, 0.29) is 36.5 Å². The first-order chi connectivity index (χ1) is 21.0. The van der Waals surface area contributed by atoms with Crippen molar-refractivity contribution in [1.82, 2.24) is 5.32 Å². The summed E-state index contributed by atoms with van der Waals surface area (Å²) in [5.74, 6) is -0.263. The number of carbonyl (C=O) groups is 4. The first kappa shape index (κ1) is 34.2. The number of aryl methyl sites for hydroxylation is 2. The largest absolute Gasteiger partial charge is 0.469 e. The molecule has 0 unspecified atom stereocenters. The van der Waals surface area contributed by atoms with Gasteiger partial charge in [-0.15, -0.1) is 11.8 Å². The van der Waals surface area contributed by atoms with Gasteiger partial charge in [-0.05, 0) is 85.7 Å². The summed E-state index contributed by atoms with van der Waals surface area (Å²) in [4.78, 5) is 53.1. The van der Waals surface area contributed by atoms with Crippen LogP contribution in [-0.2, 0) is 25.5 Å². The van der Waals surface area contributed by atoms with E-state index >= 15 is 0 Å². The third-order valence-electron chi connectivity index (χ3n) is 6.99. The number of hydrogen-bond donors (Lipinski definition) is 3. The second kappa shape index (κ2) is 16.5. The van der Waals surface area contributed by atoms with Crippen LogP contribution in [0.4, 0.5) is 21.9 Å². The normalized spacial score (nSPS) is 10.7. The molecule has 0 saturated heterocycles.